The summed E-state index contributed by atoms with van der Waals surface area (Å²) < 4.78 is 4.59. The van der Waals surface area contributed by atoms with Crippen molar-refractivity contribution in [3.8, 4) is 0 Å². The largest absolute Gasteiger partial charge is 0.469 e. The lowest BCUT2D eigenvalue weighted by Gasteiger charge is -2.32. The number of methoxy groups -OCH3 is 1. The molecule has 1 heterocycles. The molecule has 0 saturated carbocycles. The van der Waals surface area contributed by atoms with Gasteiger partial charge in [0.2, 0.25) is 0 Å². The number of carbonyl (C=O) groups excluding carboxylic acids is 2. The molecule has 1 amide bonds. The van der Waals surface area contributed by atoms with Crippen LogP contribution in [0.5, 0.6) is 0 Å². The number of carbonyl (C=O) groups is 2. The molecule has 0 bridgehead atoms. The molecule has 1 saturated heterocycles. The summed E-state index contributed by atoms with van der Waals surface area (Å²) in [5.41, 5.74) is 1.91. The van der Waals surface area contributed by atoms with Crippen LogP contribution >= 0.6 is 0 Å². The second kappa shape index (κ2) is 10.2. The van der Waals surface area contributed by atoms with Crippen molar-refractivity contribution in [1.29, 1.82) is 0 Å². The smallest absolute Gasteiger partial charge is 0.305 e. The predicted molar refractivity (Wildman–Crippen MR) is 97.4 cm³/mol. The van der Waals surface area contributed by atoms with Crippen molar-refractivity contribution in [3.05, 3.63) is 35.4 Å². The van der Waals surface area contributed by atoms with Crippen LogP contribution < -0.4 is 5.32 Å². The van der Waals surface area contributed by atoms with Gasteiger partial charge in [-0.1, -0.05) is 12.1 Å². The molecule has 1 N–H and O–H groups in total. The second-order valence-electron chi connectivity index (χ2n) is 6.57. The lowest BCUT2D eigenvalue weighted by Crippen LogP contribution is -2.43. The van der Waals surface area contributed by atoms with E-state index in [-0.39, 0.29) is 11.9 Å². The Morgan fingerprint density at radius 1 is 1.08 bits per heavy atom. The number of rotatable bonds is 8. The van der Waals surface area contributed by atoms with Gasteiger partial charge in [0.25, 0.3) is 5.91 Å². The molecule has 0 spiro atoms. The fourth-order valence-electron chi connectivity index (χ4n) is 2.83. The summed E-state index contributed by atoms with van der Waals surface area (Å²) in [6, 6.07) is 7.83. The molecule has 0 atom stereocenters. The zero-order valence-corrected chi connectivity index (χ0v) is 15.3. The summed E-state index contributed by atoms with van der Waals surface area (Å²) in [4.78, 5) is 27.9. The van der Waals surface area contributed by atoms with Gasteiger partial charge in [-0.25, -0.2) is 0 Å². The standard InChI is InChI=1S/C19H29N3O3/c1-21-11-13-22(14-12-21)15-16-6-8-17(9-7-16)19(24)20-10-4-3-5-18(23)25-2/h6-9H,3-5,10-15H2,1-2H3,(H,20,24). The normalized spacial score (nSPS) is 15.8. The molecule has 138 valence electrons. The van der Waals surface area contributed by atoms with E-state index in [1.54, 1.807) is 0 Å². The first-order valence-corrected chi connectivity index (χ1v) is 8.93. The molecule has 0 aromatic heterocycles. The van der Waals surface area contributed by atoms with E-state index in [1.165, 1.54) is 12.7 Å². The number of hydrogen-bond donors (Lipinski definition) is 1. The number of amides is 1. The molecule has 1 aliphatic heterocycles. The number of likely N-dealkylation sites (N-methyl/N-ethyl adjacent to an activating group) is 1. The van der Waals surface area contributed by atoms with E-state index < -0.39 is 0 Å². The number of nitrogens with zero attached hydrogens (tertiary/aromatic N) is 2. The highest BCUT2D eigenvalue weighted by Crippen LogP contribution is 2.10. The van der Waals surface area contributed by atoms with Crippen LogP contribution in [-0.4, -0.2) is 68.6 Å². The molecule has 0 aliphatic carbocycles. The van der Waals surface area contributed by atoms with Gasteiger partial charge >= 0.3 is 5.97 Å². The Balaban J connectivity index is 1.70. The first kappa shape index (κ1) is 19.4. The van der Waals surface area contributed by atoms with Crippen molar-refractivity contribution in [1.82, 2.24) is 15.1 Å². The molecule has 1 aromatic carbocycles. The monoisotopic (exact) mass is 347 g/mol. The maximum Gasteiger partial charge on any atom is 0.305 e. The molecule has 0 unspecified atom stereocenters. The summed E-state index contributed by atoms with van der Waals surface area (Å²) in [6.45, 7) is 5.89. The Morgan fingerprint density at radius 2 is 1.76 bits per heavy atom. The van der Waals surface area contributed by atoms with E-state index in [9.17, 15) is 9.59 Å². The highest BCUT2D eigenvalue weighted by atomic mass is 16.5. The number of unbranched alkanes of at least 4 members (excludes halogenated alkanes) is 1. The molecule has 1 fully saturated rings. The van der Waals surface area contributed by atoms with Gasteiger partial charge in [0.05, 0.1) is 7.11 Å². The summed E-state index contributed by atoms with van der Waals surface area (Å²) in [6.07, 6.45) is 1.88. The van der Waals surface area contributed by atoms with Crippen molar-refractivity contribution in [2.24, 2.45) is 0 Å². The Morgan fingerprint density at radius 3 is 2.40 bits per heavy atom. The summed E-state index contributed by atoms with van der Waals surface area (Å²) >= 11 is 0. The van der Waals surface area contributed by atoms with Gasteiger partial charge in [-0.05, 0) is 37.6 Å². The quantitative estimate of drug-likeness (QED) is 0.570. The maximum atomic E-state index is 12.1. The molecular formula is C19H29N3O3. The molecule has 2 rings (SSSR count). The minimum absolute atomic E-state index is 0.0655. The van der Waals surface area contributed by atoms with Gasteiger partial charge in [0, 0.05) is 51.3 Å². The van der Waals surface area contributed by atoms with Gasteiger partial charge < -0.3 is 15.0 Å². The number of ether oxygens (including phenoxy) is 1. The van der Waals surface area contributed by atoms with Crippen molar-refractivity contribution >= 4 is 11.9 Å². The SMILES string of the molecule is COC(=O)CCCCNC(=O)c1ccc(CN2CCN(C)CC2)cc1. The number of esters is 1. The topological polar surface area (TPSA) is 61.9 Å². The highest BCUT2D eigenvalue weighted by Gasteiger charge is 2.14. The van der Waals surface area contributed by atoms with Gasteiger partial charge in [0.1, 0.15) is 0 Å². The molecule has 1 aliphatic rings. The minimum Gasteiger partial charge on any atom is -0.469 e. The second-order valence-corrected chi connectivity index (χ2v) is 6.57. The first-order valence-electron chi connectivity index (χ1n) is 8.93. The average molecular weight is 347 g/mol. The van der Waals surface area contributed by atoms with E-state index in [4.69, 9.17) is 0 Å². The number of piperazine rings is 1. The maximum absolute atomic E-state index is 12.1. The Kier molecular flexibility index (Phi) is 7.88. The van der Waals surface area contributed by atoms with Crippen molar-refractivity contribution in [2.75, 3.05) is 46.9 Å². The van der Waals surface area contributed by atoms with Crippen LogP contribution in [0.1, 0.15) is 35.2 Å². The lowest BCUT2D eigenvalue weighted by molar-refractivity contribution is -0.140. The third-order valence-electron chi connectivity index (χ3n) is 4.54. The molecule has 6 heteroatoms. The van der Waals surface area contributed by atoms with Gasteiger partial charge in [0.15, 0.2) is 0 Å². The Hall–Kier alpha value is -1.92. The number of hydrogen-bond acceptors (Lipinski definition) is 5. The number of benzene rings is 1. The molecule has 25 heavy (non-hydrogen) atoms. The average Bonchev–Trinajstić information content (AvgIpc) is 2.63. The first-order chi connectivity index (χ1) is 12.1. The van der Waals surface area contributed by atoms with Crippen LogP contribution in [0.2, 0.25) is 0 Å². The molecule has 1 aromatic rings. The fraction of sp³-hybridized carbons (Fsp3) is 0.579. The molecule has 0 radical (unpaired) electrons. The Bertz CT molecular complexity index is 552. The third kappa shape index (κ3) is 6.84. The minimum atomic E-state index is -0.206. The molecule has 6 nitrogen and oxygen atoms in total. The predicted octanol–water partition coefficient (Wildman–Crippen LogP) is 1.51. The van der Waals surface area contributed by atoms with Crippen LogP contribution in [0, 0.1) is 0 Å². The van der Waals surface area contributed by atoms with Crippen LogP contribution in [0.4, 0.5) is 0 Å². The van der Waals surface area contributed by atoms with Crippen LogP contribution in [0.25, 0.3) is 0 Å². The van der Waals surface area contributed by atoms with Crippen molar-refractivity contribution < 1.29 is 14.3 Å². The molecular weight excluding hydrogens is 318 g/mol. The van der Waals surface area contributed by atoms with Gasteiger partial charge in [-0.15, -0.1) is 0 Å². The summed E-state index contributed by atoms with van der Waals surface area (Å²) in [7, 11) is 3.54. The summed E-state index contributed by atoms with van der Waals surface area (Å²) in [5, 5.41) is 2.89. The van der Waals surface area contributed by atoms with Gasteiger partial charge in [-0.2, -0.15) is 0 Å². The zero-order chi connectivity index (χ0) is 18.1. The zero-order valence-electron chi connectivity index (χ0n) is 15.3. The number of nitrogens with one attached hydrogen (secondary N) is 1. The van der Waals surface area contributed by atoms with Gasteiger partial charge in [-0.3, -0.25) is 14.5 Å². The third-order valence-corrected chi connectivity index (χ3v) is 4.54. The van der Waals surface area contributed by atoms with Crippen molar-refractivity contribution in [3.63, 3.8) is 0 Å². The van der Waals surface area contributed by atoms with Crippen LogP contribution in [0.15, 0.2) is 24.3 Å². The van der Waals surface area contributed by atoms with Crippen LogP contribution in [0.3, 0.4) is 0 Å². The Labute approximate surface area is 150 Å². The highest BCUT2D eigenvalue weighted by molar-refractivity contribution is 5.94. The fourth-order valence-corrected chi connectivity index (χ4v) is 2.83. The van der Waals surface area contributed by atoms with E-state index in [2.05, 4.69) is 26.9 Å². The van der Waals surface area contributed by atoms with Crippen molar-refractivity contribution in [2.45, 2.75) is 25.8 Å². The lowest BCUT2D eigenvalue weighted by atomic mass is 10.1. The van der Waals surface area contributed by atoms with E-state index in [0.29, 0.717) is 18.5 Å². The van der Waals surface area contributed by atoms with E-state index in [0.717, 1.165) is 45.6 Å². The van der Waals surface area contributed by atoms with E-state index >= 15 is 0 Å². The summed E-state index contributed by atoms with van der Waals surface area (Å²) in [5.74, 6) is -0.272. The van der Waals surface area contributed by atoms with E-state index in [1.807, 2.05) is 24.3 Å². The van der Waals surface area contributed by atoms with Crippen LogP contribution in [-0.2, 0) is 16.1 Å².